The van der Waals surface area contributed by atoms with E-state index in [0.717, 1.165) is 6.04 Å². The van der Waals surface area contributed by atoms with Gasteiger partial charge in [0.1, 0.15) is 0 Å². The molecule has 0 aromatic carbocycles. The molecule has 1 aliphatic heterocycles. The van der Waals surface area contributed by atoms with Crippen molar-refractivity contribution in [2.24, 2.45) is 5.41 Å². The molecule has 1 heteroatoms. The number of rotatable bonds is 1. The van der Waals surface area contributed by atoms with Crippen molar-refractivity contribution in [3.05, 3.63) is 11.8 Å². The molecule has 1 saturated carbocycles. The molecular weight excluding hydrogens is 98.1 g/mol. The van der Waals surface area contributed by atoms with Gasteiger partial charge in [-0.15, -0.1) is 0 Å². The van der Waals surface area contributed by atoms with Gasteiger partial charge in [-0.25, -0.2) is 0 Å². The summed E-state index contributed by atoms with van der Waals surface area (Å²) in [6.45, 7) is 4.57. The first-order valence-electron chi connectivity index (χ1n) is 3.25. The lowest BCUT2D eigenvalue weighted by molar-refractivity contribution is 0.531. The van der Waals surface area contributed by atoms with E-state index in [1.54, 1.807) is 5.57 Å². The summed E-state index contributed by atoms with van der Waals surface area (Å²) in [6, 6.07) is 0.771. The summed E-state index contributed by atoms with van der Waals surface area (Å²) >= 11 is 0. The maximum atomic E-state index is 3.26. The highest BCUT2D eigenvalue weighted by Crippen LogP contribution is 2.58. The molecule has 1 heterocycles. The fourth-order valence-corrected chi connectivity index (χ4v) is 1.52. The third-order valence-corrected chi connectivity index (χ3v) is 2.66. The van der Waals surface area contributed by atoms with E-state index in [1.807, 2.05) is 0 Å². The lowest BCUT2D eigenvalue weighted by Crippen LogP contribution is -2.17. The molecule has 1 nitrogen and oxygen atoms in total. The van der Waals surface area contributed by atoms with Gasteiger partial charge in [-0.1, -0.05) is 13.8 Å². The molecule has 0 bridgehead atoms. The van der Waals surface area contributed by atoms with Crippen LogP contribution in [0.4, 0.5) is 0 Å². The Morgan fingerprint density at radius 2 is 2.50 bits per heavy atom. The molecule has 2 rings (SSSR count). The molecule has 0 aromatic heterocycles. The van der Waals surface area contributed by atoms with Gasteiger partial charge in [-0.2, -0.15) is 0 Å². The number of nitrogens with one attached hydrogen (secondary N) is 1. The summed E-state index contributed by atoms with van der Waals surface area (Å²) in [5.74, 6) is 0. The van der Waals surface area contributed by atoms with Gasteiger partial charge in [0, 0.05) is 5.41 Å². The van der Waals surface area contributed by atoms with Gasteiger partial charge >= 0.3 is 0 Å². The van der Waals surface area contributed by atoms with E-state index in [-0.39, 0.29) is 0 Å². The summed E-state index contributed by atoms with van der Waals surface area (Å²) in [4.78, 5) is 0. The molecule has 8 heavy (non-hydrogen) atoms. The minimum absolute atomic E-state index is 0.569. The Balaban J connectivity index is 2.23. The van der Waals surface area contributed by atoms with E-state index < -0.39 is 0 Å². The topological polar surface area (TPSA) is 12.0 Å². The van der Waals surface area contributed by atoms with Crippen LogP contribution in [0.15, 0.2) is 11.8 Å². The molecule has 1 aliphatic carbocycles. The molecule has 2 unspecified atom stereocenters. The second kappa shape index (κ2) is 0.949. The lowest BCUT2D eigenvalue weighted by atomic mass is 10.1. The molecule has 44 valence electrons. The smallest absolute Gasteiger partial charge is 0.0583 e. The normalized spacial score (nSPS) is 48.2. The van der Waals surface area contributed by atoms with Crippen LogP contribution in [0.2, 0.25) is 0 Å². The van der Waals surface area contributed by atoms with Crippen molar-refractivity contribution in [2.45, 2.75) is 26.3 Å². The van der Waals surface area contributed by atoms with E-state index in [2.05, 4.69) is 25.4 Å². The third-order valence-electron chi connectivity index (χ3n) is 2.66. The zero-order valence-electron chi connectivity index (χ0n) is 5.36. The Hall–Kier alpha value is -0.460. The molecular formula is C7H11N. The lowest BCUT2D eigenvalue weighted by Gasteiger charge is -2.02. The Kier molecular flexibility index (Phi) is 0.525. The van der Waals surface area contributed by atoms with Gasteiger partial charge in [0.25, 0.3) is 0 Å². The summed E-state index contributed by atoms with van der Waals surface area (Å²) < 4.78 is 0. The van der Waals surface area contributed by atoms with E-state index in [9.17, 15) is 0 Å². The van der Waals surface area contributed by atoms with Crippen molar-refractivity contribution in [2.75, 3.05) is 0 Å². The van der Waals surface area contributed by atoms with Gasteiger partial charge in [0.2, 0.25) is 0 Å². The highest BCUT2D eigenvalue weighted by Gasteiger charge is 2.58. The predicted octanol–water partition coefficient (Wildman–Crippen LogP) is 1.27. The largest absolute Gasteiger partial charge is 0.383 e. The fourth-order valence-electron chi connectivity index (χ4n) is 1.52. The van der Waals surface area contributed by atoms with E-state index in [4.69, 9.17) is 0 Å². The molecule has 1 fully saturated rings. The Bertz CT molecular complexity index is 160. The summed E-state index contributed by atoms with van der Waals surface area (Å²) in [5.41, 5.74) is 2.21. The van der Waals surface area contributed by atoms with Crippen molar-refractivity contribution in [3.8, 4) is 0 Å². The van der Waals surface area contributed by atoms with Crippen molar-refractivity contribution in [3.63, 3.8) is 0 Å². The summed E-state index contributed by atoms with van der Waals surface area (Å²) in [6.07, 6.45) is 3.44. The highest BCUT2D eigenvalue weighted by molar-refractivity contribution is 5.48. The molecule has 0 amide bonds. The Morgan fingerprint density at radius 3 is 2.62 bits per heavy atom. The van der Waals surface area contributed by atoms with Gasteiger partial charge in [-0.05, 0) is 18.2 Å². The van der Waals surface area contributed by atoms with Crippen LogP contribution < -0.4 is 5.32 Å². The second-order valence-corrected chi connectivity index (χ2v) is 2.97. The standard InChI is InChI=1S/C7H11N/c1-3-7(2)5-4-8-6(5)7/h4,6,8H,3H2,1-2H3. The van der Waals surface area contributed by atoms with Crippen molar-refractivity contribution in [1.29, 1.82) is 0 Å². The second-order valence-electron chi connectivity index (χ2n) is 2.97. The molecule has 1 N–H and O–H groups in total. The summed E-state index contributed by atoms with van der Waals surface area (Å²) in [5, 5.41) is 3.26. The zero-order chi connectivity index (χ0) is 5.78. The van der Waals surface area contributed by atoms with E-state index >= 15 is 0 Å². The van der Waals surface area contributed by atoms with Crippen LogP contribution in [0.1, 0.15) is 20.3 Å². The minimum atomic E-state index is 0.569. The third kappa shape index (κ3) is 0.246. The van der Waals surface area contributed by atoms with Gasteiger partial charge in [0.05, 0.1) is 6.04 Å². The van der Waals surface area contributed by atoms with Crippen molar-refractivity contribution < 1.29 is 0 Å². The van der Waals surface area contributed by atoms with E-state index in [1.165, 1.54) is 6.42 Å². The molecule has 0 radical (unpaired) electrons. The van der Waals surface area contributed by atoms with E-state index in [0.29, 0.717) is 5.41 Å². The zero-order valence-corrected chi connectivity index (χ0v) is 5.36. The Morgan fingerprint density at radius 1 is 1.88 bits per heavy atom. The number of fused-ring (bicyclic) bond motifs is 1. The first kappa shape index (κ1) is 4.42. The predicted molar refractivity (Wildman–Crippen MR) is 33.4 cm³/mol. The van der Waals surface area contributed by atoms with Crippen molar-refractivity contribution in [1.82, 2.24) is 5.32 Å². The minimum Gasteiger partial charge on any atom is -0.383 e. The van der Waals surface area contributed by atoms with Gasteiger partial charge < -0.3 is 5.32 Å². The van der Waals surface area contributed by atoms with Crippen LogP contribution in [0.5, 0.6) is 0 Å². The quantitative estimate of drug-likeness (QED) is 0.534. The monoisotopic (exact) mass is 109 g/mol. The van der Waals surface area contributed by atoms with Gasteiger partial charge in [-0.3, -0.25) is 0 Å². The van der Waals surface area contributed by atoms with Crippen LogP contribution in [0, 0.1) is 5.41 Å². The maximum Gasteiger partial charge on any atom is 0.0583 e. The molecule has 0 spiro atoms. The highest BCUT2D eigenvalue weighted by atomic mass is 15.1. The Labute approximate surface area is 49.8 Å². The summed E-state index contributed by atoms with van der Waals surface area (Å²) in [7, 11) is 0. The van der Waals surface area contributed by atoms with Crippen LogP contribution in [0.3, 0.4) is 0 Å². The van der Waals surface area contributed by atoms with Crippen molar-refractivity contribution >= 4 is 0 Å². The average Bonchev–Trinajstić information content (AvgIpc) is 2.01. The SMILES string of the molecule is CCC1(C)C2=CNC21. The fraction of sp³-hybridized carbons (Fsp3) is 0.714. The van der Waals surface area contributed by atoms with Crippen LogP contribution in [-0.2, 0) is 0 Å². The van der Waals surface area contributed by atoms with Crippen LogP contribution in [0.25, 0.3) is 0 Å². The van der Waals surface area contributed by atoms with Crippen LogP contribution >= 0.6 is 0 Å². The molecule has 2 atom stereocenters. The number of hydrogen-bond donors (Lipinski definition) is 1. The van der Waals surface area contributed by atoms with Gasteiger partial charge in [0.15, 0.2) is 0 Å². The first-order valence-corrected chi connectivity index (χ1v) is 3.25. The maximum absolute atomic E-state index is 3.26. The first-order chi connectivity index (χ1) is 3.79. The van der Waals surface area contributed by atoms with Crippen LogP contribution in [-0.4, -0.2) is 6.04 Å². The molecule has 0 saturated heterocycles. The molecule has 0 aromatic rings. The number of hydrogen-bond acceptors (Lipinski definition) is 1. The average molecular weight is 109 g/mol. The molecule has 2 aliphatic rings.